The number of carboxylic acids is 1. The van der Waals surface area contributed by atoms with E-state index in [-0.39, 0.29) is 11.3 Å². The average Bonchev–Trinajstić information content (AvgIpc) is 2.88. The fourth-order valence-corrected chi connectivity index (χ4v) is 1.87. The lowest BCUT2D eigenvalue weighted by Gasteiger charge is -1.99. The van der Waals surface area contributed by atoms with Crippen molar-refractivity contribution >= 4 is 29.2 Å². The summed E-state index contributed by atoms with van der Waals surface area (Å²) in [6.07, 6.45) is 1.67. The number of thiophene rings is 1. The summed E-state index contributed by atoms with van der Waals surface area (Å²) < 4.78 is 24.5. The lowest BCUT2D eigenvalue weighted by Crippen LogP contribution is -3.98. The SMILES string of the molecule is O=C(O)c1ccc(N=Cc2cccs2)cc1O.[O-][I+2]([O-])O. The minimum absolute atomic E-state index is 0.125. The molecule has 0 fully saturated rings. The summed E-state index contributed by atoms with van der Waals surface area (Å²) in [6.45, 7) is 0. The molecule has 0 saturated heterocycles. The number of halogens is 1. The van der Waals surface area contributed by atoms with Crippen molar-refractivity contribution in [2.75, 3.05) is 0 Å². The summed E-state index contributed by atoms with van der Waals surface area (Å²) in [5.41, 5.74) is 0.390. The van der Waals surface area contributed by atoms with E-state index in [1.54, 1.807) is 23.6 Å². The number of aromatic carboxylic acids is 1. The molecule has 2 rings (SSSR count). The molecule has 2 aromatic rings. The van der Waals surface area contributed by atoms with Gasteiger partial charge in [-0.05, 0) is 27.0 Å². The van der Waals surface area contributed by atoms with Gasteiger partial charge in [0.25, 0.3) is 0 Å². The van der Waals surface area contributed by atoms with Crippen LogP contribution in [0.3, 0.4) is 0 Å². The third-order valence-corrected chi connectivity index (χ3v) is 2.90. The molecule has 9 heteroatoms. The monoisotopic (exact) mass is 423 g/mol. The minimum atomic E-state index is -3.76. The van der Waals surface area contributed by atoms with E-state index in [2.05, 4.69) is 4.99 Å². The molecule has 21 heavy (non-hydrogen) atoms. The number of rotatable bonds is 3. The molecule has 0 unspecified atom stereocenters. The number of phenols is 1. The molecule has 1 heterocycles. The highest BCUT2D eigenvalue weighted by atomic mass is 127. The van der Waals surface area contributed by atoms with Crippen molar-refractivity contribution in [3.63, 3.8) is 0 Å². The second-order valence-electron chi connectivity index (χ2n) is 3.48. The van der Waals surface area contributed by atoms with E-state index in [4.69, 9.17) is 15.4 Å². The summed E-state index contributed by atoms with van der Waals surface area (Å²) in [6, 6.07) is 8.04. The number of carbonyl (C=O) groups is 1. The van der Waals surface area contributed by atoms with Gasteiger partial charge < -0.3 is 17.1 Å². The standard InChI is InChI=1S/C12H9NO3S.HIO3/c14-11-6-8(3-4-10(11)12(15)16)13-7-9-2-1-5-17-9;2-1(3)4/h1-7,14H,(H,15,16);2H. The first kappa shape index (κ1) is 17.5. The molecule has 112 valence electrons. The Labute approximate surface area is 132 Å². The van der Waals surface area contributed by atoms with Crippen LogP contribution in [0.2, 0.25) is 0 Å². The molecule has 1 aromatic carbocycles. The van der Waals surface area contributed by atoms with Crippen LogP contribution in [0.15, 0.2) is 40.7 Å². The maximum absolute atomic E-state index is 10.7. The van der Waals surface area contributed by atoms with Gasteiger partial charge in [0.05, 0.1) is 5.69 Å². The predicted octanol–water partition coefficient (Wildman–Crippen LogP) is -3.03. The zero-order chi connectivity index (χ0) is 15.8. The lowest BCUT2D eigenvalue weighted by molar-refractivity contribution is -1.63. The zero-order valence-corrected chi connectivity index (χ0v) is 13.3. The molecule has 0 atom stereocenters. The van der Waals surface area contributed by atoms with Crippen LogP contribution >= 0.6 is 11.3 Å². The molecule has 0 bridgehead atoms. The van der Waals surface area contributed by atoms with E-state index in [9.17, 15) is 9.90 Å². The van der Waals surface area contributed by atoms with Gasteiger partial charge >= 0.3 is 27.0 Å². The van der Waals surface area contributed by atoms with Crippen molar-refractivity contribution in [3.8, 4) is 5.75 Å². The Morgan fingerprint density at radius 2 is 2.00 bits per heavy atom. The molecule has 0 aliphatic carbocycles. The van der Waals surface area contributed by atoms with Gasteiger partial charge in [-0.3, -0.25) is 4.99 Å². The number of aliphatic imine (C=N–C) groups is 1. The molecular weight excluding hydrogens is 413 g/mol. The van der Waals surface area contributed by atoms with E-state index >= 15 is 0 Å². The number of benzene rings is 1. The molecule has 0 radical (unpaired) electrons. The Morgan fingerprint density at radius 3 is 2.48 bits per heavy atom. The van der Waals surface area contributed by atoms with Crippen LogP contribution in [-0.4, -0.2) is 25.8 Å². The molecule has 1 aromatic heterocycles. The second-order valence-corrected chi connectivity index (χ2v) is 5.61. The number of aromatic hydroxyl groups is 1. The van der Waals surface area contributed by atoms with E-state index in [0.29, 0.717) is 5.69 Å². The first-order valence-electron chi connectivity index (χ1n) is 5.28. The van der Waals surface area contributed by atoms with Crippen LogP contribution in [0.5, 0.6) is 5.75 Å². The van der Waals surface area contributed by atoms with E-state index in [1.807, 2.05) is 17.5 Å². The van der Waals surface area contributed by atoms with Crippen molar-refractivity contribution in [3.05, 3.63) is 46.2 Å². The Hall–Kier alpha value is -1.53. The molecule has 0 aliphatic rings. The summed E-state index contributed by atoms with van der Waals surface area (Å²) in [4.78, 5) is 15.8. The van der Waals surface area contributed by atoms with Crippen LogP contribution in [0.25, 0.3) is 0 Å². The Balaban J connectivity index is 0.000000491. The van der Waals surface area contributed by atoms with Crippen LogP contribution in [0, 0.1) is 0 Å². The van der Waals surface area contributed by atoms with Gasteiger partial charge in [-0.1, -0.05) is 6.07 Å². The number of nitrogens with zero attached hydrogens (tertiary/aromatic N) is 1. The molecule has 3 N–H and O–H groups in total. The first-order chi connectivity index (χ1) is 9.90. The Kier molecular flexibility index (Phi) is 7.25. The van der Waals surface area contributed by atoms with Crippen molar-refractivity contribution in [2.24, 2.45) is 4.99 Å². The summed E-state index contributed by atoms with van der Waals surface area (Å²) in [5.74, 6) is -1.44. The largest absolute Gasteiger partial charge is 0.507 e. The summed E-state index contributed by atoms with van der Waals surface area (Å²) in [5, 5.41) is 20.1. The average molecular weight is 423 g/mol. The summed E-state index contributed by atoms with van der Waals surface area (Å²) in [7, 11) is 0. The van der Waals surface area contributed by atoms with Crippen LogP contribution < -0.4 is 27.9 Å². The highest BCUT2D eigenvalue weighted by Crippen LogP contribution is 2.24. The van der Waals surface area contributed by atoms with E-state index < -0.39 is 27.0 Å². The smallest absolute Gasteiger partial charge is 0.503 e. The highest BCUT2D eigenvalue weighted by molar-refractivity contribution is 7.11. The molecule has 7 nitrogen and oxygen atoms in total. The normalized spacial score (nSPS) is 10.5. The Morgan fingerprint density at radius 1 is 1.33 bits per heavy atom. The van der Waals surface area contributed by atoms with Crippen LogP contribution in [0.1, 0.15) is 15.2 Å². The molecular formula is C12H10INO6S. The van der Waals surface area contributed by atoms with Crippen molar-refractivity contribution in [2.45, 2.75) is 0 Å². The highest BCUT2D eigenvalue weighted by Gasteiger charge is 2.08. The molecule has 0 amide bonds. The van der Waals surface area contributed by atoms with Gasteiger partial charge in [0.15, 0.2) is 0 Å². The maximum atomic E-state index is 10.7. The van der Waals surface area contributed by atoms with Crippen molar-refractivity contribution in [1.82, 2.24) is 0 Å². The van der Waals surface area contributed by atoms with Gasteiger partial charge in [0.2, 0.25) is 0 Å². The maximum Gasteiger partial charge on any atom is 0.503 e. The van der Waals surface area contributed by atoms with Crippen LogP contribution in [-0.2, 0) is 0 Å². The predicted molar refractivity (Wildman–Crippen MR) is 68.9 cm³/mol. The van der Waals surface area contributed by atoms with E-state index in [0.717, 1.165) is 4.88 Å². The zero-order valence-electron chi connectivity index (χ0n) is 10.3. The van der Waals surface area contributed by atoms with Crippen molar-refractivity contribution in [1.29, 1.82) is 0 Å². The molecule has 0 spiro atoms. The van der Waals surface area contributed by atoms with Gasteiger partial charge in [-0.25, -0.2) is 4.79 Å². The lowest BCUT2D eigenvalue weighted by atomic mass is 10.2. The fraction of sp³-hybridized carbons (Fsp3) is 0. The number of hydrogen-bond donors (Lipinski definition) is 3. The van der Waals surface area contributed by atoms with Gasteiger partial charge in [0, 0.05) is 17.2 Å². The summed E-state index contributed by atoms with van der Waals surface area (Å²) >= 11 is -2.21. The first-order valence-corrected chi connectivity index (χ1v) is 8.89. The fourth-order valence-electron chi connectivity index (χ4n) is 1.28. The van der Waals surface area contributed by atoms with Gasteiger partial charge in [-0.15, -0.1) is 11.3 Å². The topological polar surface area (TPSA) is 136 Å². The quantitative estimate of drug-likeness (QED) is 0.355. The Bertz CT molecular complexity index is 611. The molecule has 0 aliphatic heterocycles. The third kappa shape index (κ3) is 6.64. The van der Waals surface area contributed by atoms with Crippen LogP contribution in [0.4, 0.5) is 5.69 Å². The second kappa shape index (κ2) is 8.69. The third-order valence-electron chi connectivity index (χ3n) is 2.10. The molecule has 0 saturated carbocycles. The number of carboxylic acid groups (broad SMARTS) is 1. The van der Waals surface area contributed by atoms with Crippen molar-refractivity contribution < 1.29 is 46.4 Å². The van der Waals surface area contributed by atoms with Gasteiger partial charge in [-0.2, -0.15) is 0 Å². The van der Waals surface area contributed by atoms with E-state index in [1.165, 1.54) is 12.1 Å². The number of hydrogen-bond acceptors (Lipinski definition) is 7. The minimum Gasteiger partial charge on any atom is -0.507 e. The van der Waals surface area contributed by atoms with Gasteiger partial charge in [0.1, 0.15) is 11.3 Å².